The van der Waals surface area contributed by atoms with E-state index in [4.69, 9.17) is 11.6 Å². The molecule has 0 heterocycles. The second kappa shape index (κ2) is 5.00. The fourth-order valence-corrected chi connectivity index (χ4v) is 2.42. The van der Waals surface area contributed by atoms with Crippen molar-refractivity contribution in [3.05, 3.63) is 34.9 Å². The smallest absolute Gasteiger partial charge is 0.0406 e. The van der Waals surface area contributed by atoms with Crippen molar-refractivity contribution in [2.24, 2.45) is 0 Å². The van der Waals surface area contributed by atoms with Gasteiger partial charge in [-0.2, -0.15) is 0 Å². The molecule has 0 spiro atoms. The molecule has 0 amide bonds. The fourth-order valence-electron chi connectivity index (χ4n) is 2.29. The lowest BCUT2D eigenvalue weighted by Gasteiger charge is -2.19. The first-order chi connectivity index (χ1) is 7.25. The first-order valence-electron chi connectivity index (χ1n) is 5.77. The third-order valence-corrected chi connectivity index (χ3v) is 3.46. The van der Waals surface area contributed by atoms with Crippen molar-refractivity contribution in [2.75, 3.05) is 0 Å². The van der Waals surface area contributed by atoms with Gasteiger partial charge in [0.25, 0.3) is 0 Å². The van der Waals surface area contributed by atoms with Gasteiger partial charge in [-0.1, -0.05) is 36.6 Å². The van der Waals surface area contributed by atoms with Gasteiger partial charge in [-0.3, -0.25) is 0 Å². The molecule has 0 radical (unpaired) electrons. The SMILES string of the molecule is C[C@@H](NC1CCCC1)c1ccc(Cl)cc1. The van der Waals surface area contributed by atoms with Crippen molar-refractivity contribution in [2.45, 2.75) is 44.7 Å². The molecule has 0 unspecified atom stereocenters. The molecule has 1 aromatic carbocycles. The summed E-state index contributed by atoms with van der Waals surface area (Å²) in [5.41, 5.74) is 1.33. The molecule has 1 aliphatic carbocycles. The van der Waals surface area contributed by atoms with Crippen molar-refractivity contribution in [3.8, 4) is 0 Å². The first kappa shape index (κ1) is 11.0. The van der Waals surface area contributed by atoms with Crippen LogP contribution < -0.4 is 5.32 Å². The summed E-state index contributed by atoms with van der Waals surface area (Å²) in [6.07, 6.45) is 5.42. The molecule has 0 bridgehead atoms. The number of rotatable bonds is 3. The molecule has 2 heteroatoms. The summed E-state index contributed by atoms with van der Waals surface area (Å²) in [7, 11) is 0. The molecule has 1 aromatic rings. The number of hydrogen-bond acceptors (Lipinski definition) is 1. The van der Waals surface area contributed by atoms with Crippen LogP contribution >= 0.6 is 11.6 Å². The Morgan fingerprint density at radius 3 is 2.40 bits per heavy atom. The van der Waals surface area contributed by atoms with Crippen LogP contribution in [0.4, 0.5) is 0 Å². The summed E-state index contributed by atoms with van der Waals surface area (Å²) in [6.45, 7) is 2.22. The Labute approximate surface area is 96.8 Å². The van der Waals surface area contributed by atoms with Gasteiger partial charge in [0, 0.05) is 17.1 Å². The Bertz CT molecular complexity index is 301. The van der Waals surface area contributed by atoms with Gasteiger partial charge < -0.3 is 5.32 Å². The molecule has 0 aliphatic heterocycles. The summed E-state index contributed by atoms with van der Waals surface area (Å²) >= 11 is 5.87. The maximum Gasteiger partial charge on any atom is 0.0406 e. The predicted molar refractivity (Wildman–Crippen MR) is 65.3 cm³/mol. The molecular formula is C13H18ClN. The lowest BCUT2D eigenvalue weighted by molar-refractivity contribution is 0.461. The van der Waals surface area contributed by atoms with E-state index < -0.39 is 0 Å². The topological polar surface area (TPSA) is 12.0 Å². The van der Waals surface area contributed by atoms with Gasteiger partial charge in [-0.15, -0.1) is 0 Å². The molecule has 0 aromatic heterocycles. The second-order valence-corrected chi connectivity index (χ2v) is 4.86. The third kappa shape index (κ3) is 2.96. The van der Waals surface area contributed by atoms with Crippen LogP contribution in [-0.4, -0.2) is 6.04 Å². The zero-order valence-corrected chi connectivity index (χ0v) is 9.93. The number of nitrogens with one attached hydrogen (secondary N) is 1. The normalized spacial score (nSPS) is 19.3. The van der Waals surface area contributed by atoms with Crippen molar-refractivity contribution < 1.29 is 0 Å². The molecule has 15 heavy (non-hydrogen) atoms. The fraction of sp³-hybridized carbons (Fsp3) is 0.538. The Balaban J connectivity index is 1.94. The van der Waals surface area contributed by atoms with Gasteiger partial charge in [0.2, 0.25) is 0 Å². The van der Waals surface area contributed by atoms with Crippen molar-refractivity contribution in [1.29, 1.82) is 0 Å². The van der Waals surface area contributed by atoms with E-state index in [2.05, 4.69) is 24.4 Å². The van der Waals surface area contributed by atoms with Crippen LogP contribution in [0, 0.1) is 0 Å². The molecule has 1 saturated carbocycles. The monoisotopic (exact) mass is 223 g/mol. The quantitative estimate of drug-likeness (QED) is 0.819. The van der Waals surface area contributed by atoms with E-state index in [0.29, 0.717) is 6.04 Å². The average molecular weight is 224 g/mol. The highest BCUT2D eigenvalue weighted by molar-refractivity contribution is 6.30. The molecule has 1 fully saturated rings. The van der Waals surface area contributed by atoms with Gasteiger partial charge in [-0.05, 0) is 37.5 Å². The van der Waals surface area contributed by atoms with E-state index in [1.807, 2.05) is 12.1 Å². The van der Waals surface area contributed by atoms with Crippen LogP contribution in [0.15, 0.2) is 24.3 Å². The number of hydrogen-bond donors (Lipinski definition) is 1. The maximum atomic E-state index is 5.87. The lowest BCUT2D eigenvalue weighted by Crippen LogP contribution is -2.28. The van der Waals surface area contributed by atoms with Crippen molar-refractivity contribution in [3.63, 3.8) is 0 Å². The molecule has 1 N–H and O–H groups in total. The van der Waals surface area contributed by atoms with Crippen LogP contribution in [0.5, 0.6) is 0 Å². The van der Waals surface area contributed by atoms with Crippen molar-refractivity contribution in [1.82, 2.24) is 5.32 Å². The van der Waals surface area contributed by atoms with Gasteiger partial charge in [0.05, 0.1) is 0 Å². The molecule has 1 aliphatic rings. The number of benzene rings is 1. The highest BCUT2D eigenvalue weighted by atomic mass is 35.5. The van der Waals surface area contributed by atoms with E-state index in [0.717, 1.165) is 11.1 Å². The van der Waals surface area contributed by atoms with Crippen LogP contribution in [0.3, 0.4) is 0 Å². The number of halogens is 1. The maximum absolute atomic E-state index is 5.87. The minimum absolute atomic E-state index is 0.436. The molecule has 1 nitrogen and oxygen atoms in total. The molecule has 2 rings (SSSR count). The standard InChI is InChI=1S/C13H18ClN/c1-10(15-13-4-2-3-5-13)11-6-8-12(14)9-7-11/h6-10,13,15H,2-5H2,1H3/t10-/m1/s1. The van der Waals surface area contributed by atoms with Crippen LogP contribution in [0.25, 0.3) is 0 Å². The molecule has 82 valence electrons. The van der Waals surface area contributed by atoms with Gasteiger partial charge in [0.1, 0.15) is 0 Å². The third-order valence-electron chi connectivity index (χ3n) is 3.21. The second-order valence-electron chi connectivity index (χ2n) is 4.42. The van der Waals surface area contributed by atoms with E-state index in [1.54, 1.807) is 0 Å². The Morgan fingerprint density at radius 2 is 1.80 bits per heavy atom. The minimum Gasteiger partial charge on any atom is -0.307 e. The van der Waals surface area contributed by atoms with Gasteiger partial charge in [0.15, 0.2) is 0 Å². The summed E-state index contributed by atoms with van der Waals surface area (Å²) in [5.74, 6) is 0. The van der Waals surface area contributed by atoms with E-state index in [1.165, 1.54) is 31.2 Å². The van der Waals surface area contributed by atoms with E-state index >= 15 is 0 Å². The lowest BCUT2D eigenvalue weighted by atomic mass is 10.1. The summed E-state index contributed by atoms with van der Waals surface area (Å²) in [5, 5.41) is 4.48. The van der Waals surface area contributed by atoms with E-state index in [-0.39, 0.29) is 0 Å². The largest absolute Gasteiger partial charge is 0.307 e. The average Bonchev–Trinajstić information content (AvgIpc) is 2.71. The zero-order chi connectivity index (χ0) is 10.7. The molecule has 0 saturated heterocycles. The van der Waals surface area contributed by atoms with Crippen LogP contribution in [0.1, 0.15) is 44.2 Å². The van der Waals surface area contributed by atoms with Gasteiger partial charge in [-0.25, -0.2) is 0 Å². The van der Waals surface area contributed by atoms with Crippen LogP contribution in [0.2, 0.25) is 5.02 Å². The first-order valence-corrected chi connectivity index (χ1v) is 6.15. The minimum atomic E-state index is 0.436. The highest BCUT2D eigenvalue weighted by Crippen LogP contribution is 2.22. The Hall–Kier alpha value is -0.530. The Kier molecular flexibility index (Phi) is 3.66. The molecular weight excluding hydrogens is 206 g/mol. The Morgan fingerprint density at radius 1 is 1.20 bits per heavy atom. The molecule has 1 atom stereocenters. The van der Waals surface area contributed by atoms with Gasteiger partial charge >= 0.3 is 0 Å². The van der Waals surface area contributed by atoms with E-state index in [9.17, 15) is 0 Å². The predicted octanol–water partition coefficient (Wildman–Crippen LogP) is 3.93. The summed E-state index contributed by atoms with van der Waals surface area (Å²) < 4.78 is 0. The summed E-state index contributed by atoms with van der Waals surface area (Å²) in [4.78, 5) is 0. The highest BCUT2D eigenvalue weighted by Gasteiger charge is 2.17. The van der Waals surface area contributed by atoms with Crippen molar-refractivity contribution >= 4 is 11.6 Å². The summed E-state index contributed by atoms with van der Waals surface area (Å²) in [6, 6.07) is 9.29. The van der Waals surface area contributed by atoms with Crippen LogP contribution in [-0.2, 0) is 0 Å². The zero-order valence-electron chi connectivity index (χ0n) is 9.17.